The molecule has 0 atom stereocenters. The Kier molecular flexibility index (Phi) is 7.31. The number of hydrogen-bond acceptors (Lipinski definition) is 5. The van der Waals surface area contributed by atoms with Crippen molar-refractivity contribution in [3.05, 3.63) is 24.3 Å². The highest BCUT2D eigenvalue weighted by Crippen LogP contribution is 2.24. The minimum absolute atomic E-state index is 0.0278. The van der Waals surface area contributed by atoms with E-state index in [2.05, 4.69) is 58.5 Å². The third kappa shape index (κ3) is 4.98. The molecule has 1 heterocycles. The summed E-state index contributed by atoms with van der Waals surface area (Å²) in [6.45, 7) is 9.03. The summed E-state index contributed by atoms with van der Waals surface area (Å²) in [5, 5.41) is 12.1. The SMILES string of the molecule is CCCNC(=O)CSc1nnc(-c2ccc(N(CC)CC)cc2)n1C. The van der Waals surface area contributed by atoms with Gasteiger partial charge in [-0.05, 0) is 44.5 Å². The molecule has 1 N–H and O–H groups in total. The summed E-state index contributed by atoms with van der Waals surface area (Å²) in [4.78, 5) is 14.0. The van der Waals surface area contributed by atoms with Gasteiger partial charge in [0.1, 0.15) is 0 Å². The maximum absolute atomic E-state index is 11.7. The first-order valence-electron chi connectivity index (χ1n) is 8.74. The van der Waals surface area contributed by atoms with Gasteiger partial charge in [0.25, 0.3) is 0 Å². The lowest BCUT2D eigenvalue weighted by molar-refractivity contribution is -0.118. The zero-order chi connectivity index (χ0) is 18.2. The first-order chi connectivity index (χ1) is 12.1. The Morgan fingerprint density at radius 3 is 2.44 bits per heavy atom. The average molecular weight is 362 g/mol. The topological polar surface area (TPSA) is 63.1 Å². The van der Waals surface area contributed by atoms with Crippen molar-refractivity contribution in [1.82, 2.24) is 20.1 Å². The Morgan fingerprint density at radius 1 is 1.16 bits per heavy atom. The molecule has 0 fully saturated rings. The predicted molar refractivity (Wildman–Crippen MR) is 104 cm³/mol. The Morgan fingerprint density at radius 2 is 1.84 bits per heavy atom. The number of nitrogens with one attached hydrogen (secondary N) is 1. The summed E-state index contributed by atoms with van der Waals surface area (Å²) in [7, 11) is 1.93. The number of rotatable bonds is 9. The van der Waals surface area contributed by atoms with Crippen molar-refractivity contribution in [3.63, 3.8) is 0 Å². The van der Waals surface area contributed by atoms with Gasteiger partial charge in [0.15, 0.2) is 11.0 Å². The van der Waals surface area contributed by atoms with Gasteiger partial charge in [-0.3, -0.25) is 4.79 Å². The van der Waals surface area contributed by atoms with Crippen LogP contribution in [0.25, 0.3) is 11.4 Å². The van der Waals surface area contributed by atoms with E-state index in [1.54, 1.807) is 0 Å². The summed E-state index contributed by atoms with van der Waals surface area (Å²) < 4.78 is 1.93. The van der Waals surface area contributed by atoms with Crippen LogP contribution in [0.2, 0.25) is 0 Å². The molecule has 1 amide bonds. The number of aromatic nitrogens is 3. The molecular formula is C18H27N5OS. The first-order valence-corrected chi connectivity index (χ1v) is 9.73. The molecule has 2 aromatic rings. The van der Waals surface area contributed by atoms with Crippen molar-refractivity contribution >= 4 is 23.4 Å². The summed E-state index contributed by atoms with van der Waals surface area (Å²) in [5.74, 6) is 1.19. The van der Waals surface area contributed by atoms with Crippen molar-refractivity contribution < 1.29 is 4.79 Å². The van der Waals surface area contributed by atoms with E-state index in [-0.39, 0.29) is 5.91 Å². The van der Waals surface area contributed by atoms with E-state index in [4.69, 9.17) is 0 Å². The van der Waals surface area contributed by atoms with Gasteiger partial charge >= 0.3 is 0 Å². The van der Waals surface area contributed by atoms with Crippen molar-refractivity contribution in [2.45, 2.75) is 32.3 Å². The lowest BCUT2D eigenvalue weighted by atomic mass is 10.2. The maximum atomic E-state index is 11.7. The Hall–Kier alpha value is -2.02. The zero-order valence-corrected chi connectivity index (χ0v) is 16.3. The molecule has 0 saturated carbocycles. The molecule has 0 unspecified atom stereocenters. The van der Waals surface area contributed by atoms with Crippen LogP contribution in [0, 0.1) is 0 Å². The minimum Gasteiger partial charge on any atom is -0.372 e. The standard InChI is InChI=1S/C18H27N5OS/c1-5-12-19-16(24)13-25-18-21-20-17(22(18)4)14-8-10-15(11-9-14)23(6-2)7-3/h8-11H,5-7,12-13H2,1-4H3,(H,19,24). The Bertz CT molecular complexity index is 679. The molecule has 6 nitrogen and oxygen atoms in total. The largest absolute Gasteiger partial charge is 0.372 e. The summed E-state index contributed by atoms with van der Waals surface area (Å²) in [6.07, 6.45) is 0.938. The van der Waals surface area contributed by atoms with E-state index in [1.807, 2.05) is 18.5 Å². The van der Waals surface area contributed by atoms with Crippen LogP contribution < -0.4 is 10.2 Å². The molecule has 0 saturated heterocycles. The van der Waals surface area contributed by atoms with E-state index in [1.165, 1.54) is 17.4 Å². The predicted octanol–water partition coefficient (Wildman–Crippen LogP) is 2.95. The molecule has 0 bridgehead atoms. The molecule has 0 radical (unpaired) electrons. The smallest absolute Gasteiger partial charge is 0.230 e. The van der Waals surface area contributed by atoms with Crippen LogP contribution in [-0.4, -0.2) is 46.1 Å². The van der Waals surface area contributed by atoms with Gasteiger partial charge in [0.05, 0.1) is 5.75 Å². The second-order valence-electron chi connectivity index (χ2n) is 5.72. The summed E-state index contributed by atoms with van der Waals surface area (Å²) >= 11 is 1.41. The molecule has 0 aliphatic rings. The Labute approximate surface area is 154 Å². The van der Waals surface area contributed by atoms with E-state index in [0.717, 1.165) is 36.1 Å². The number of benzene rings is 1. The quantitative estimate of drug-likeness (QED) is 0.696. The zero-order valence-electron chi connectivity index (χ0n) is 15.5. The average Bonchev–Trinajstić information content (AvgIpc) is 3.00. The van der Waals surface area contributed by atoms with Crippen molar-refractivity contribution in [1.29, 1.82) is 0 Å². The van der Waals surface area contributed by atoms with Crippen molar-refractivity contribution in [2.24, 2.45) is 7.05 Å². The number of carbonyl (C=O) groups is 1. The number of amides is 1. The lowest BCUT2D eigenvalue weighted by Gasteiger charge is -2.21. The van der Waals surface area contributed by atoms with Crippen LogP contribution in [0.15, 0.2) is 29.4 Å². The summed E-state index contributed by atoms with van der Waals surface area (Å²) in [5.41, 5.74) is 2.23. The third-order valence-electron chi connectivity index (χ3n) is 3.99. The fraction of sp³-hybridized carbons (Fsp3) is 0.500. The minimum atomic E-state index is 0.0278. The van der Waals surface area contributed by atoms with Crippen LogP contribution in [0.4, 0.5) is 5.69 Å². The van der Waals surface area contributed by atoms with Gasteiger partial charge in [-0.2, -0.15) is 0 Å². The maximum Gasteiger partial charge on any atom is 0.230 e. The molecule has 0 aliphatic heterocycles. The fourth-order valence-electron chi connectivity index (χ4n) is 2.55. The molecule has 25 heavy (non-hydrogen) atoms. The van der Waals surface area contributed by atoms with E-state index in [0.29, 0.717) is 12.3 Å². The highest BCUT2D eigenvalue weighted by molar-refractivity contribution is 7.99. The molecule has 2 rings (SSSR count). The number of nitrogens with zero attached hydrogens (tertiary/aromatic N) is 4. The normalized spacial score (nSPS) is 10.7. The molecule has 136 valence electrons. The molecule has 0 spiro atoms. The molecule has 7 heteroatoms. The fourth-order valence-corrected chi connectivity index (χ4v) is 3.29. The summed E-state index contributed by atoms with van der Waals surface area (Å²) in [6, 6.07) is 8.37. The second-order valence-corrected chi connectivity index (χ2v) is 6.67. The van der Waals surface area contributed by atoms with Gasteiger partial charge < -0.3 is 14.8 Å². The third-order valence-corrected chi connectivity index (χ3v) is 5.01. The lowest BCUT2D eigenvalue weighted by Crippen LogP contribution is -2.25. The van der Waals surface area contributed by atoms with Crippen LogP contribution in [0.3, 0.4) is 0 Å². The monoisotopic (exact) mass is 361 g/mol. The number of thioether (sulfide) groups is 1. The highest BCUT2D eigenvalue weighted by atomic mass is 32.2. The molecule has 1 aromatic carbocycles. The second kappa shape index (κ2) is 9.46. The van der Waals surface area contributed by atoms with E-state index >= 15 is 0 Å². The molecular weight excluding hydrogens is 334 g/mol. The van der Waals surface area contributed by atoms with Crippen LogP contribution in [-0.2, 0) is 11.8 Å². The van der Waals surface area contributed by atoms with Gasteiger partial charge in [-0.1, -0.05) is 18.7 Å². The van der Waals surface area contributed by atoms with Crippen LogP contribution in [0.1, 0.15) is 27.2 Å². The van der Waals surface area contributed by atoms with Gasteiger partial charge in [-0.15, -0.1) is 10.2 Å². The molecule has 1 aromatic heterocycles. The number of hydrogen-bond donors (Lipinski definition) is 1. The van der Waals surface area contributed by atoms with Gasteiger partial charge in [0, 0.05) is 37.9 Å². The van der Waals surface area contributed by atoms with Crippen LogP contribution >= 0.6 is 11.8 Å². The number of carbonyl (C=O) groups excluding carboxylic acids is 1. The Balaban J connectivity index is 2.06. The number of anilines is 1. The van der Waals surface area contributed by atoms with Crippen molar-refractivity contribution in [3.8, 4) is 11.4 Å². The van der Waals surface area contributed by atoms with E-state index in [9.17, 15) is 4.79 Å². The van der Waals surface area contributed by atoms with E-state index < -0.39 is 0 Å². The van der Waals surface area contributed by atoms with Crippen molar-refractivity contribution in [2.75, 3.05) is 30.3 Å². The van der Waals surface area contributed by atoms with Gasteiger partial charge in [-0.25, -0.2) is 0 Å². The highest BCUT2D eigenvalue weighted by Gasteiger charge is 2.13. The first kappa shape index (κ1) is 19.3. The molecule has 0 aliphatic carbocycles. The van der Waals surface area contributed by atoms with Crippen LogP contribution in [0.5, 0.6) is 0 Å². The van der Waals surface area contributed by atoms with Gasteiger partial charge in [0.2, 0.25) is 5.91 Å².